The Labute approximate surface area is 187 Å². The van der Waals surface area contributed by atoms with Crippen LogP contribution in [0.5, 0.6) is 11.6 Å². The molecule has 0 unspecified atom stereocenters. The first kappa shape index (κ1) is 22.1. The van der Waals surface area contributed by atoms with Gasteiger partial charge >= 0.3 is 6.09 Å². The Hall–Kier alpha value is -3.11. The quantitative estimate of drug-likeness (QED) is 0.609. The first-order valence-corrected chi connectivity index (χ1v) is 10.9. The minimum atomic E-state index is -0.897. The van der Waals surface area contributed by atoms with Crippen molar-refractivity contribution in [2.24, 2.45) is 0 Å². The lowest BCUT2D eigenvalue weighted by Crippen LogP contribution is -2.48. The van der Waals surface area contributed by atoms with Crippen molar-refractivity contribution in [2.75, 3.05) is 70.6 Å². The van der Waals surface area contributed by atoms with Crippen LogP contribution in [0.4, 0.5) is 10.6 Å². The minimum Gasteiger partial charge on any atom is -0.490 e. The molecule has 0 aliphatic carbocycles. The smallest absolute Gasteiger partial charge is 0.407 e. The first-order valence-electron chi connectivity index (χ1n) is 10.9. The molecule has 0 atom stereocenters. The summed E-state index contributed by atoms with van der Waals surface area (Å²) in [6.45, 7) is 7.01. The average Bonchev–Trinajstić information content (AvgIpc) is 2.83. The number of ether oxygens (including phenoxy) is 3. The largest absolute Gasteiger partial charge is 0.490 e. The summed E-state index contributed by atoms with van der Waals surface area (Å²) in [7, 11) is 0. The molecule has 0 spiro atoms. The number of benzene rings is 1. The van der Waals surface area contributed by atoms with Crippen molar-refractivity contribution in [3.8, 4) is 11.6 Å². The summed E-state index contributed by atoms with van der Waals surface area (Å²) in [5.41, 5.74) is 1.21. The molecule has 10 nitrogen and oxygen atoms in total. The molecule has 10 heteroatoms. The minimum absolute atomic E-state index is 0.328. The number of amides is 1. The second-order valence-corrected chi connectivity index (χ2v) is 7.67. The van der Waals surface area contributed by atoms with Crippen molar-refractivity contribution in [2.45, 2.75) is 6.54 Å². The fourth-order valence-corrected chi connectivity index (χ4v) is 3.80. The van der Waals surface area contributed by atoms with Gasteiger partial charge in [0.05, 0.1) is 13.2 Å². The molecule has 0 bridgehead atoms. The molecular formula is C22H29N5O5. The molecule has 3 heterocycles. The molecule has 1 N–H and O–H groups in total. The predicted octanol–water partition coefficient (Wildman–Crippen LogP) is 1.57. The van der Waals surface area contributed by atoms with Crippen molar-refractivity contribution in [1.82, 2.24) is 19.8 Å². The van der Waals surface area contributed by atoms with Gasteiger partial charge in [0.2, 0.25) is 0 Å². The Morgan fingerprint density at radius 3 is 2.53 bits per heavy atom. The van der Waals surface area contributed by atoms with Gasteiger partial charge in [-0.15, -0.1) is 0 Å². The van der Waals surface area contributed by atoms with Crippen LogP contribution < -0.4 is 14.4 Å². The lowest BCUT2D eigenvalue weighted by Gasteiger charge is -2.34. The third-order valence-corrected chi connectivity index (χ3v) is 5.50. The van der Waals surface area contributed by atoms with E-state index in [0.29, 0.717) is 51.1 Å². The zero-order chi connectivity index (χ0) is 22.2. The lowest BCUT2D eigenvalue weighted by molar-refractivity contribution is 0.0341. The Kier molecular flexibility index (Phi) is 7.57. The van der Waals surface area contributed by atoms with Crippen LogP contribution in [0, 0.1) is 0 Å². The number of carboxylic acid groups (broad SMARTS) is 1. The van der Waals surface area contributed by atoms with Gasteiger partial charge in [-0.2, -0.15) is 0 Å². The summed E-state index contributed by atoms with van der Waals surface area (Å²) in [5.74, 6) is 1.87. The maximum Gasteiger partial charge on any atom is 0.407 e. The van der Waals surface area contributed by atoms with Gasteiger partial charge in [-0.05, 0) is 17.7 Å². The predicted molar refractivity (Wildman–Crippen MR) is 117 cm³/mol. The van der Waals surface area contributed by atoms with E-state index in [1.54, 1.807) is 12.4 Å². The molecule has 4 rings (SSSR count). The maximum atomic E-state index is 11.1. The van der Waals surface area contributed by atoms with Gasteiger partial charge in [0.15, 0.2) is 5.82 Å². The number of morpholine rings is 1. The van der Waals surface area contributed by atoms with E-state index in [0.717, 1.165) is 38.6 Å². The highest BCUT2D eigenvalue weighted by atomic mass is 16.5. The van der Waals surface area contributed by atoms with Gasteiger partial charge in [-0.1, -0.05) is 12.1 Å². The molecule has 1 aromatic heterocycles. The molecule has 172 valence electrons. The van der Waals surface area contributed by atoms with Crippen LogP contribution in [0.3, 0.4) is 0 Å². The second-order valence-electron chi connectivity index (χ2n) is 7.67. The molecule has 0 saturated carbocycles. The van der Waals surface area contributed by atoms with Crippen molar-refractivity contribution >= 4 is 11.9 Å². The summed E-state index contributed by atoms with van der Waals surface area (Å²) >= 11 is 0. The van der Waals surface area contributed by atoms with Crippen LogP contribution in [0.2, 0.25) is 0 Å². The highest BCUT2D eigenvalue weighted by Gasteiger charge is 2.24. The molecular weight excluding hydrogens is 414 g/mol. The number of anilines is 1. The van der Waals surface area contributed by atoms with Gasteiger partial charge in [0.1, 0.15) is 19.0 Å². The molecule has 0 radical (unpaired) electrons. The maximum absolute atomic E-state index is 11.1. The number of piperazine rings is 1. The molecule has 2 aromatic rings. The number of nitrogens with zero attached hydrogens (tertiary/aromatic N) is 5. The van der Waals surface area contributed by atoms with Crippen molar-refractivity contribution < 1.29 is 24.1 Å². The molecule has 2 fully saturated rings. The Balaban J connectivity index is 1.26. The zero-order valence-electron chi connectivity index (χ0n) is 18.1. The van der Waals surface area contributed by atoms with E-state index in [1.165, 1.54) is 10.5 Å². The molecule has 1 amide bonds. The Bertz CT molecular complexity index is 885. The van der Waals surface area contributed by atoms with E-state index in [-0.39, 0.29) is 0 Å². The van der Waals surface area contributed by atoms with Crippen molar-refractivity contribution in [3.63, 3.8) is 0 Å². The second kappa shape index (κ2) is 11.0. The van der Waals surface area contributed by atoms with Gasteiger partial charge < -0.3 is 29.1 Å². The van der Waals surface area contributed by atoms with Crippen molar-refractivity contribution in [1.29, 1.82) is 0 Å². The average molecular weight is 444 g/mol. The summed E-state index contributed by atoms with van der Waals surface area (Å²) in [6.07, 6.45) is 2.30. The van der Waals surface area contributed by atoms with E-state index in [1.807, 2.05) is 17.0 Å². The van der Waals surface area contributed by atoms with E-state index < -0.39 is 6.09 Å². The van der Waals surface area contributed by atoms with E-state index in [2.05, 4.69) is 27.0 Å². The van der Waals surface area contributed by atoms with Crippen LogP contribution >= 0.6 is 0 Å². The third kappa shape index (κ3) is 5.98. The van der Waals surface area contributed by atoms with Crippen LogP contribution in [-0.2, 0) is 11.3 Å². The third-order valence-electron chi connectivity index (χ3n) is 5.50. The van der Waals surface area contributed by atoms with E-state index in [9.17, 15) is 4.79 Å². The molecule has 2 saturated heterocycles. The summed E-state index contributed by atoms with van der Waals surface area (Å²) in [6, 6.07) is 8.11. The van der Waals surface area contributed by atoms with Gasteiger partial charge in [-0.25, -0.2) is 14.8 Å². The number of rotatable bonds is 8. The first-order chi connectivity index (χ1) is 15.7. The van der Waals surface area contributed by atoms with Crippen LogP contribution in [0.15, 0.2) is 36.7 Å². The number of carbonyl (C=O) groups is 1. The number of hydrogen-bond acceptors (Lipinski definition) is 8. The van der Waals surface area contributed by atoms with Gasteiger partial charge in [-0.3, -0.25) is 4.90 Å². The summed E-state index contributed by atoms with van der Waals surface area (Å²) < 4.78 is 17.1. The number of hydrogen-bond donors (Lipinski definition) is 1. The Morgan fingerprint density at radius 1 is 1.00 bits per heavy atom. The Morgan fingerprint density at radius 2 is 1.75 bits per heavy atom. The molecule has 2 aliphatic heterocycles. The van der Waals surface area contributed by atoms with Crippen LogP contribution in [0.1, 0.15) is 5.56 Å². The summed E-state index contributed by atoms with van der Waals surface area (Å²) in [4.78, 5) is 25.6. The molecule has 32 heavy (non-hydrogen) atoms. The molecule has 2 aliphatic rings. The fourth-order valence-electron chi connectivity index (χ4n) is 3.80. The molecule has 1 aromatic carbocycles. The number of aromatic nitrogens is 2. The van der Waals surface area contributed by atoms with Crippen molar-refractivity contribution in [3.05, 3.63) is 42.2 Å². The SMILES string of the molecule is O=C(O)N1CCN(c2nccnc2OCCOc2cccc(CN3CCOCC3)c2)CC1. The topological polar surface area (TPSA) is 100 Å². The lowest BCUT2D eigenvalue weighted by atomic mass is 10.2. The monoisotopic (exact) mass is 443 g/mol. The standard InChI is InChI=1S/C22H29N5O5/c28-22(29)27-8-6-26(7-9-27)20-21(24-5-4-23-20)32-15-14-31-19-3-1-2-18(16-19)17-25-10-12-30-13-11-25/h1-5,16H,6-15,17H2,(H,28,29). The zero-order valence-corrected chi connectivity index (χ0v) is 18.1. The van der Waals surface area contributed by atoms with Gasteiger partial charge in [0.25, 0.3) is 5.88 Å². The van der Waals surface area contributed by atoms with E-state index >= 15 is 0 Å². The highest BCUT2D eigenvalue weighted by Crippen LogP contribution is 2.24. The summed E-state index contributed by atoms with van der Waals surface area (Å²) in [5, 5.41) is 9.12. The van der Waals surface area contributed by atoms with Crippen LogP contribution in [-0.4, -0.2) is 96.7 Å². The van der Waals surface area contributed by atoms with E-state index in [4.69, 9.17) is 19.3 Å². The highest BCUT2D eigenvalue weighted by molar-refractivity contribution is 5.65. The normalized spacial score (nSPS) is 17.2. The fraction of sp³-hybridized carbons (Fsp3) is 0.500. The van der Waals surface area contributed by atoms with Gasteiger partial charge in [0, 0.05) is 58.2 Å². The van der Waals surface area contributed by atoms with Crippen LogP contribution in [0.25, 0.3) is 0 Å².